The summed E-state index contributed by atoms with van der Waals surface area (Å²) in [4.78, 5) is 39.4. The molecule has 2 atom stereocenters. The SMILES string of the molecule is COc1cc(C(=O)N[C@@H]2CCC[C@H]2O)ccc1Nc1ncc2c(n1)N(C1CCCC1)CC(C)(C)C(=O)N2C. The van der Waals surface area contributed by atoms with E-state index in [9.17, 15) is 14.7 Å². The minimum Gasteiger partial charge on any atom is -0.495 e. The predicted octanol–water partition coefficient (Wildman–Crippen LogP) is 3.62. The quantitative estimate of drug-likeness (QED) is 0.526. The van der Waals surface area contributed by atoms with Crippen molar-refractivity contribution >= 4 is 35.0 Å². The molecule has 1 aliphatic heterocycles. The molecule has 0 spiro atoms. The molecule has 2 fully saturated rings. The number of rotatable bonds is 6. The molecule has 3 N–H and O–H groups in total. The Kier molecular flexibility index (Phi) is 7.17. The van der Waals surface area contributed by atoms with Crippen LogP contribution in [-0.2, 0) is 4.79 Å². The van der Waals surface area contributed by atoms with E-state index in [2.05, 4.69) is 20.5 Å². The van der Waals surface area contributed by atoms with Gasteiger partial charge in [0.15, 0.2) is 5.82 Å². The predicted molar refractivity (Wildman–Crippen MR) is 146 cm³/mol. The van der Waals surface area contributed by atoms with Crippen molar-refractivity contribution in [2.45, 2.75) is 77.0 Å². The van der Waals surface area contributed by atoms with Crippen LogP contribution in [0.15, 0.2) is 24.4 Å². The molecule has 2 amide bonds. The highest BCUT2D eigenvalue weighted by molar-refractivity contribution is 6.01. The van der Waals surface area contributed by atoms with Gasteiger partial charge in [0, 0.05) is 25.2 Å². The molecule has 1 aromatic heterocycles. The number of amides is 2. The summed E-state index contributed by atoms with van der Waals surface area (Å²) in [7, 11) is 3.33. The Morgan fingerprint density at radius 1 is 1.16 bits per heavy atom. The summed E-state index contributed by atoms with van der Waals surface area (Å²) in [6.07, 6.45) is 8.08. The molecule has 2 saturated carbocycles. The van der Waals surface area contributed by atoms with Gasteiger partial charge < -0.3 is 30.3 Å². The number of aliphatic hydroxyl groups excluding tert-OH is 1. The van der Waals surface area contributed by atoms with Crippen molar-refractivity contribution in [1.29, 1.82) is 0 Å². The van der Waals surface area contributed by atoms with Crippen LogP contribution in [0.5, 0.6) is 5.75 Å². The lowest BCUT2D eigenvalue weighted by atomic mass is 9.91. The fourth-order valence-electron chi connectivity index (χ4n) is 5.94. The summed E-state index contributed by atoms with van der Waals surface area (Å²) >= 11 is 0. The molecule has 10 heteroatoms. The van der Waals surface area contributed by atoms with E-state index >= 15 is 0 Å². The number of aliphatic hydroxyl groups is 1. The summed E-state index contributed by atoms with van der Waals surface area (Å²) in [5.74, 6) is 1.41. The lowest BCUT2D eigenvalue weighted by Gasteiger charge is -2.34. The van der Waals surface area contributed by atoms with E-state index in [1.165, 1.54) is 12.8 Å². The van der Waals surface area contributed by atoms with E-state index in [1.54, 1.807) is 43.5 Å². The zero-order chi connectivity index (χ0) is 27.0. The molecule has 1 aromatic carbocycles. The van der Waals surface area contributed by atoms with Crippen LogP contribution in [0, 0.1) is 5.41 Å². The molecule has 0 unspecified atom stereocenters. The molecule has 0 bridgehead atoms. The Morgan fingerprint density at radius 2 is 1.92 bits per heavy atom. The Labute approximate surface area is 223 Å². The smallest absolute Gasteiger partial charge is 0.251 e. The number of carbonyl (C=O) groups excluding carboxylic acids is 2. The average Bonchev–Trinajstić information content (AvgIpc) is 3.57. The zero-order valence-corrected chi connectivity index (χ0v) is 22.7. The van der Waals surface area contributed by atoms with Gasteiger partial charge in [-0.15, -0.1) is 0 Å². The van der Waals surface area contributed by atoms with Crippen LogP contribution in [0.1, 0.15) is 69.2 Å². The number of ether oxygens (including phenoxy) is 1. The third-order valence-corrected chi connectivity index (χ3v) is 8.10. The maximum Gasteiger partial charge on any atom is 0.251 e. The summed E-state index contributed by atoms with van der Waals surface area (Å²) in [5, 5.41) is 16.2. The van der Waals surface area contributed by atoms with Crippen molar-refractivity contribution in [3.8, 4) is 5.75 Å². The number of aromatic nitrogens is 2. The Morgan fingerprint density at radius 3 is 2.61 bits per heavy atom. The molecular formula is C28H38N6O4. The Bertz CT molecular complexity index is 1210. The molecule has 0 saturated heterocycles. The first-order valence-electron chi connectivity index (χ1n) is 13.5. The van der Waals surface area contributed by atoms with Crippen LogP contribution in [0.3, 0.4) is 0 Å². The van der Waals surface area contributed by atoms with Crippen LogP contribution in [0.4, 0.5) is 23.1 Å². The molecule has 5 rings (SSSR count). The van der Waals surface area contributed by atoms with E-state index in [4.69, 9.17) is 9.72 Å². The van der Waals surface area contributed by atoms with E-state index in [1.807, 2.05) is 13.8 Å². The lowest BCUT2D eigenvalue weighted by Crippen LogP contribution is -2.45. The normalized spacial score (nSPS) is 23.2. The zero-order valence-electron chi connectivity index (χ0n) is 22.7. The molecule has 2 aliphatic carbocycles. The summed E-state index contributed by atoms with van der Waals surface area (Å²) in [5.41, 5.74) is 1.21. The van der Waals surface area contributed by atoms with Gasteiger partial charge in [-0.05, 0) is 64.2 Å². The maximum absolute atomic E-state index is 13.2. The standard InChI is InChI=1S/C28H38N6O4/c1-28(2)16-34(18-8-5-6-9-18)24-21(33(3)26(28)37)15-29-27(32-24)31-20-13-12-17(14-23(20)38-4)25(36)30-19-10-7-11-22(19)35/h12-15,18-19,22,35H,5-11,16H2,1-4H3,(H,30,36)(H,29,31,32)/t19-,22-/m1/s1. The number of hydrogen-bond donors (Lipinski definition) is 3. The van der Waals surface area contributed by atoms with Crippen molar-refractivity contribution in [2.24, 2.45) is 5.41 Å². The minimum absolute atomic E-state index is 0.0456. The van der Waals surface area contributed by atoms with Gasteiger partial charge in [0.1, 0.15) is 11.4 Å². The molecule has 10 nitrogen and oxygen atoms in total. The first-order valence-corrected chi connectivity index (χ1v) is 13.5. The molecule has 2 heterocycles. The Hall–Kier alpha value is -3.40. The number of methoxy groups -OCH3 is 1. The van der Waals surface area contributed by atoms with Crippen molar-refractivity contribution in [2.75, 3.05) is 35.8 Å². The van der Waals surface area contributed by atoms with Crippen molar-refractivity contribution in [3.05, 3.63) is 30.0 Å². The number of hydrogen-bond acceptors (Lipinski definition) is 8. The summed E-state index contributed by atoms with van der Waals surface area (Å²) in [6.45, 7) is 4.57. The maximum atomic E-state index is 13.2. The average molecular weight is 523 g/mol. The fourth-order valence-corrected chi connectivity index (χ4v) is 5.94. The van der Waals surface area contributed by atoms with Gasteiger partial charge in [-0.1, -0.05) is 12.8 Å². The monoisotopic (exact) mass is 522 g/mol. The van der Waals surface area contributed by atoms with Gasteiger partial charge in [-0.2, -0.15) is 4.98 Å². The first kappa shape index (κ1) is 26.2. The third-order valence-electron chi connectivity index (χ3n) is 8.10. The molecule has 38 heavy (non-hydrogen) atoms. The van der Waals surface area contributed by atoms with Crippen molar-refractivity contribution < 1.29 is 19.4 Å². The van der Waals surface area contributed by atoms with Crippen LogP contribution < -0.4 is 25.2 Å². The lowest BCUT2D eigenvalue weighted by molar-refractivity contribution is -0.125. The highest BCUT2D eigenvalue weighted by atomic mass is 16.5. The summed E-state index contributed by atoms with van der Waals surface area (Å²) in [6, 6.07) is 5.26. The van der Waals surface area contributed by atoms with Gasteiger partial charge in [0.2, 0.25) is 11.9 Å². The molecule has 0 radical (unpaired) electrons. The first-order chi connectivity index (χ1) is 18.2. The largest absolute Gasteiger partial charge is 0.495 e. The van der Waals surface area contributed by atoms with Crippen molar-refractivity contribution in [1.82, 2.24) is 15.3 Å². The van der Waals surface area contributed by atoms with Gasteiger partial charge in [0.05, 0.1) is 36.6 Å². The summed E-state index contributed by atoms with van der Waals surface area (Å²) < 4.78 is 5.58. The number of anilines is 4. The molecule has 2 aromatic rings. The second kappa shape index (κ2) is 10.4. The topological polar surface area (TPSA) is 120 Å². The van der Waals surface area contributed by atoms with Crippen molar-refractivity contribution in [3.63, 3.8) is 0 Å². The number of carbonyl (C=O) groups is 2. The van der Waals surface area contributed by atoms with Gasteiger partial charge >= 0.3 is 0 Å². The van der Waals surface area contributed by atoms with Crippen LogP contribution in [0.25, 0.3) is 0 Å². The van der Waals surface area contributed by atoms with Crippen LogP contribution in [0.2, 0.25) is 0 Å². The van der Waals surface area contributed by atoms with Gasteiger partial charge in [-0.3, -0.25) is 9.59 Å². The van der Waals surface area contributed by atoms with E-state index in [0.29, 0.717) is 47.6 Å². The van der Waals surface area contributed by atoms with Crippen LogP contribution >= 0.6 is 0 Å². The second-order valence-corrected chi connectivity index (χ2v) is 11.3. The minimum atomic E-state index is -0.556. The number of benzene rings is 1. The molecular weight excluding hydrogens is 484 g/mol. The highest BCUT2D eigenvalue weighted by Gasteiger charge is 2.41. The van der Waals surface area contributed by atoms with Crippen LogP contribution in [-0.4, -0.2) is 65.8 Å². The van der Waals surface area contributed by atoms with Gasteiger partial charge in [0.25, 0.3) is 5.91 Å². The van der Waals surface area contributed by atoms with Gasteiger partial charge in [-0.25, -0.2) is 4.98 Å². The Balaban J connectivity index is 1.42. The van der Waals surface area contributed by atoms with E-state index in [0.717, 1.165) is 31.5 Å². The number of fused-ring (bicyclic) bond motifs is 1. The third kappa shape index (κ3) is 5.01. The van der Waals surface area contributed by atoms with E-state index in [-0.39, 0.29) is 17.9 Å². The fraction of sp³-hybridized carbons (Fsp3) is 0.571. The number of nitrogens with zero attached hydrogens (tertiary/aromatic N) is 4. The highest BCUT2D eigenvalue weighted by Crippen LogP contribution is 2.40. The number of nitrogens with one attached hydrogen (secondary N) is 2. The molecule has 3 aliphatic rings. The molecule has 204 valence electrons. The second-order valence-electron chi connectivity index (χ2n) is 11.3. The van der Waals surface area contributed by atoms with E-state index < -0.39 is 11.5 Å².